The second-order valence-corrected chi connectivity index (χ2v) is 16.5. The molecule has 0 aliphatic rings. The first-order valence-electron chi connectivity index (χ1n) is 22.4. The lowest BCUT2D eigenvalue weighted by Gasteiger charge is -2.20. The van der Waals surface area contributed by atoms with Crippen LogP contribution in [0.25, 0.3) is 45.1 Å². The second kappa shape index (κ2) is 22.5. The zero-order valence-corrected chi connectivity index (χ0v) is 36.6. The Hall–Kier alpha value is -4.59. The van der Waals surface area contributed by atoms with E-state index in [1.165, 1.54) is 77.0 Å². The zero-order valence-electron chi connectivity index (χ0n) is 36.6. The van der Waals surface area contributed by atoms with Crippen molar-refractivity contribution in [2.45, 2.75) is 144 Å². The highest BCUT2D eigenvalue weighted by Crippen LogP contribution is 2.41. The number of aromatic nitrogens is 4. The van der Waals surface area contributed by atoms with Crippen LogP contribution in [-0.4, -0.2) is 42.9 Å². The standard InChI is InChI=1S/C50H70N4O4/c1-8-12-16-18-24-37(22-14-10-3)33-57-44-30-28-40(46(55)35(44)5)48-51-49(53-50(52-48)42-32-54(7)43-27-21-20-26-39(42)43)41-29-31-45(36(6)47(41)56)58-34-38(23-15-11-4)25-19-17-13-9-2/h20-21,26-32,37-38,55-56H,8-19,22-25,33-34H2,1-7H3. The summed E-state index contributed by atoms with van der Waals surface area (Å²) in [5, 5.41) is 24.5. The molecule has 8 heteroatoms. The van der Waals surface area contributed by atoms with Crippen LogP contribution in [0, 0.1) is 25.7 Å². The fraction of sp³-hybridized carbons (Fsp3) is 0.540. The van der Waals surface area contributed by atoms with E-state index in [0.717, 1.165) is 42.1 Å². The average molecular weight is 791 g/mol. The molecule has 5 aromatic rings. The molecule has 0 fully saturated rings. The molecule has 2 N–H and O–H groups in total. The molecule has 0 aliphatic heterocycles. The van der Waals surface area contributed by atoms with Crippen LogP contribution in [0.4, 0.5) is 0 Å². The number of rotatable bonds is 25. The Labute approximate surface area is 348 Å². The van der Waals surface area contributed by atoms with Crippen LogP contribution < -0.4 is 9.47 Å². The number of hydrogen-bond acceptors (Lipinski definition) is 7. The van der Waals surface area contributed by atoms with Crippen molar-refractivity contribution in [2.75, 3.05) is 13.2 Å². The minimum atomic E-state index is 0.0723. The molecule has 2 aromatic heterocycles. The maximum absolute atomic E-state index is 11.8. The van der Waals surface area contributed by atoms with Gasteiger partial charge in [-0.25, -0.2) is 15.0 Å². The molecule has 2 unspecified atom stereocenters. The van der Waals surface area contributed by atoms with Crippen molar-refractivity contribution in [3.05, 3.63) is 65.9 Å². The van der Waals surface area contributed by atoms with E-state index in [2.05, 4.69) is 44.4 Å². The maximum atomic E-state index is 11.8. The molecule has 8 nitrogen and oxygen atoms in total. The number of benzene rings is 3. The monoisotopic (exact) mass is 791 g/mol. The summed E-state index contributed by atoms with van der Waals surface area (Å²) >= 11 is 0. The number of ether oxygens (including phenoxy) is 2. The van der Waals surface area contributed by atoms with Crippen LogP contribution in [0.3, 0.4) is 0 Å². The summed E-state index contributed by atoms with van der Waals surface area (Å²) in [6.45, 7) is 14.0. The normalized spacial score (nSPS) is 12.6. The predicted octanol–water partition coefficient (Wildman–Crippen LogP) is 13.7. The van der Waals surface area contributed by atoms with Gasteiger partial charge in [0.05, 0.1) is 24.3 Å². The number of unbranched alkanes of at least 4 members (excludes halogenated alkanes) is 8. The highest BCUT2D eigenvalue weighted by atomic mass is 16.5. The highest BCUT2D eigenvalue weighted by molar-refractivity contribution is 5.94. The van der Waals surface area contributed by atoms with Crippen molar-refractivity contribution < 1.29 is 19.7 Å². The molecular weight excluding hydrogens is 721 g/mol. The van der Waals surface area contributed by atoms with Gasteiger partial charge in [0, 0.05) is 40.8 Å². The molecule has 0 saturated heterocycles. The molecule has 0 bridgehead atoms. The first-order chi connectivity index (χ1) is 28.2. The number of aromatic hydroxyl groups is 2. The average Bonchev–Trinajstić information content (AvgIpc) is 3.58. The van der Waals surface area contributed by atoms with Gasteiger partial charge in [0.2, 0.25) is 0 Å². The smallest absolute Gasteiger partial charge is 0.167 e. The minimum Gasteiger partial charge on any atom is -0.507 e. The van der Waals surface area contributed by atoms with Gasteiger partial charge in [-0.1, -0.05) is 123 Å². The van der Waals surface area contributed by atoms with E-state index in [0.29, 0.717) is 76.3 Å². The molecule has 0 amide bonds. The molecule has 0 saturated carbocycles. The largest absolute Gasteiger partial charge is 0.507 e. The number of phenols is 2. The fourth-order valence-electron chi connectivity index (χ4n) is 8.04. The zero-order chi connectivity index (χ0) is 41.4. The summed E-state index contributed by atoms with van der Waals surface area (Å²) in [5.74, 6) is 3.54. The van der Waals surface area contributed by atoms with E-state index >= 15 is 0 Å². The molecule has 58 heavy (non-hydrogen) atoms. The molecule has 0 aliphatic carbocycles. The Balaban J connectivity index is 1.48. The van der Waals surface area contributed by atoms with Crippen LogP contribution in [0.1, 0.15) is 142 Å². The number of nitrogens with zero attached hydrogens (tertiary/aromatic N) is 4. The summed E-state index contributed by atoms with van der Waals surface area (Å²) in [7, 11) is 2.01. The van der Waals surface area contributed by atoms with Gasteiger partial charge in [-0.3, -0.25) is 0 Å². The molecule has 314 valence electrons. The first kappa shape index (κ1) is 44.5. The van der Waals surface area contributed by atoms with Gasteiger partial charge >= 0.3 is 0 Å². The van der Waals surface area contributed by atoms with Crippen LogP contribution in [0.2, 0.25) is 0 Å². The van der Waals surface area contributed by atoms with Gasteiger partial charge in [-0.2, -0.15) is 0 Å². The van der Waals surface area contributed by atoms with E-state index < -0.39 is 0 Å². The van der Waals surface area contributed by atoms with Gasteiger partial charge in [-0.15, -0.1) is 0 Å². The molecule has 0 radical (unpaired) electrons. The van der Waals surface area contributed by atoms with E-state index in [9.17, 15) is 10.2 Å². The molecule has 2 heterocycles. The Morgan fingerprint density at radius 2 is 0.966 bits per heavy atom. The van der Waals surface area contributed by atoms with Crippen molar-refractivity contribution >= 4 is 10.9 Å². The SMILES string of the molecule is CCCCCCC(CCCC)COc1ccc(-c2nc(-c3ccc(OCC(CCCC)CCCCCC)c(C)c3O)nc(-c3cn(C)c4ccccc34)n2)c(O)c1C. The number of hydrogen-bond donors (Lipinski definition) is 2. The Bertz CT molecular complexity index is 1940. The molecule has 2 atom stereocenters. The number of phenolic OH excluding ortho intramolecular Hbond substituents is 2. The molecule has 3 aromatic carbocycles. The topological polar surface area (TPSA) is 103 Å². The number of fused-ring (bicyclic) bond motifs is 1. The maximum Gasteiger partial charge on any atom is 0.167 e. The van der Waals surface area contributed by atoms with Crippen molar-refractivity contribution in [1.29, 1.82) is 0 Å². The fourth-order valence-corrected chi connectivity index (χ4v) is 8.04. The van der Waals surface area contributed by atoms with Crippen molar-refractivity contribution in [3.8, 4) is 57.2 Å². The van der Waals surface area contributed by atoms with Crippen LogP contribution >= 0.6 is 0 Å². The summed E-state index contributed by atoms with van der Waals surface area (Å²) in [6.07, 6.45) is 21.3. The van der Waals surface area contributed by atoms with E-state index in [1.807, 2.05) is 63.5 Å². The van der Waals surface area contributed by atoms with E-state index in [1.54, 1.807) is 0 Å². The quantitative estimate of drug-likeness (QED) is 0.0567. The van der Waals surface area contributed by atoms with Gasteiger partial charge in [0.1, 0.15) is 23.0 Å². The highest BCUT2D eigenvalue weighted by Gasteiger charge is 2.23. The lowest BCUT2D eigenvalue weighted by atomic mass is 9.96. The Morgan fingerprint density at radius 3 is 1.43 bits per heavy atom. The number of aryl methyl sites for hydroxylation is 1. The van der Waals surface area contributed by atoms with Crippen LogP contribution in [-0.2, 0) is 7.05 Å². The lowest BCUT2D eigenvalue weighted by molar-refractivity contribution is 0.223. The summed E-state index contributed by atoms with van der Waals surface area (Å²) in [4.78, 5) is 14.9. The van der Waals surface area contributed by atoms with Gasteiger partial charge < -0.3 is 24.3 Å². The third-order valence-corrected chi connectivity index (χ3v) is 11.8. The molecular formula is C50H70N4O4. The molecule has 0 spiro atoms. The van der Waals surface area contributed by atoms with Crippen LogP contribution in [0.15, 0.2) is 54.7 Å². The van der Waals surface area contributed by atoms with Crippen molar-refractivity contribution in [2.24, 2.45) is 18.9 Å². The third kappa shape index (κ3) is 11.5. The van der Waals surface area contributed by atoms with Gasteiger partial charge in [0.25, 0.3) is 0 Å². The predicted molar refractivity (Wildman–Crippen MR) is 240 cm³/mol. The second-order valence-electron chi connectivity index (χ2n) is 16.5. The summed E-state index contributed by atoms with van der Waals surface area (Å²) in [5.41, 5.74) is 4.13. The third-order valence-electron chi connectivity index (χ3n) is 11.8. The van der Waals surface area contributed by atoms with E-state index in [-0.39, 0.29) is 11.5 Å². The minimum absolute atomic E-state index is 0.0723. The van der Waals surface area contributed by atoms with Crippen LogP contribution in [0.5, 0.6) is 23.0 Å². The van der Waals surface area contributed by atoms with Gasteiger partial charge in [0.15, 0.2) is 17.5 Å². The summed E-state index contributed by atoms with van der Waals surface area (Å²) < 4.78 is 14.9. The molecule has 5 rings (SSSR count). The lowest BCUT2D eigenvalue weighted by Crippen LogP contribution is -2.13. The Morgan fingerprint density at radius 1 is 0.534 bits per heavy atom. The van der Waals surface area contributed by atoms with Crippen molar-refractivity contribution in [3.63, 3.8) is 0 Å². The first-order valence-corrected chi connectivity index (χ1v) is 22.4. The summed E-state index contributed by atoms with van der Waals surface area (Å²) in [6, 6.07) is 15.7. The Kier molecular flexibility index (Phi) is 17.3. The van der Waals surface area contributed by atoms with E-state index in [4.69, 9.17) is 24.4 Å². The van der Waals surface area contributed by atoms with Crippen molar-refractivity contribution in [1.82, 2.24) is 19.5 Å². The number of para-hydroxylation sites is 1. The van der Waals surface area contributed by atoms with Gasteiger partial charge in [-0.05, 0) is 81.7 Å².